The summed E-state index contributed by atoms with van der Waals surface area (Å²) in [7, 11) is -4.54. The van der Waals surface area contributed by atoms with Crippen LogP contribution in [0.25, 0.3) is 0 Å². The van der Waals surface area contributed by atoms with Crippen molar-refractivity contribution < 1.29 is 25.8 Å². The standard InChI is InChI=1S/C16H15F3O3S/c1-11-3-7-13(8-4-11)15(16(17,18)19)22-23(20,21)14-9-5-12(2)6-10-14/h3-10,15H,1-2H3/t15-/m1/s1. The van der Waals surface area contributed by atoms with E-state index in [1.807, 2.05) is 0 Å². The molecule has 3 nitrogen and oxygen atoms in total. The van der Waals surface area contributed by atoms with Crippen LogP contribution in [0.5, 0.6) is 0 Å². The van der Waals surface area contributed by atoms with Crippen molar-refractivity contribution in [3.05, 3.63) is 65.2 Å². The molecule has 0 aliphatic heterocycles. The summed E-state index contributed by atoms with van der Waals surface area (Å²) in [5, 5.41) is 0. The van der Waals surface area contributed by atoms with Crippen LogP contribution in [0.2, 0.25) is 0 Å². The molecule has 0 bridgehead atoms. The molecule has 0 aliphatic carbocycles. The second kappa shape index (κ2) is 6.33. The van der Waals surface area contributed by atoms with Gasteiger partial charge in [-0.05, 0) is 31.5 Å². The lowest BCUT2D eigenvalue weighted by Gasteiger charge is -2.21. The molecule has 23 heavy (non-hydrogen) atoms. The fourth-order valence-electron chi connectivity index (χ4n) is 1.93. The molecule has 2 rings (SSSR count). The molecule has 0 saturated carbocycles. The Morgan fingerprint density at radius 3 is 1.74 bits per heavy atom. The zero-order valence-corrected chi connectivity index (χ0v) is 13.3. The molecular weight excluding hydrogens is 329 g/mol. The first-order valence-corrected chi connectivity index (χ1v) is 8.14. The smallest absolute Gasteiger partial charge is 0.248 e. The van der Waals surface area contributed by atoms with E-state index in [4.69, 9.17) is 0 Å². The number of rotatable bonds is 4. The van der Waals surface area contributed by atoms with Gasteiger partial charge < -0.3 is 0 Å². The van der Waals surface area contributed by atoms with E-state index in [9.17, 15) is 21.6 Å². The van der Waals surface area contributed by atoms with Crippen LogP contribution in [-0.4, -0.2) is 14.6 Å². The largest absolute Gasteiger partial charge is 0.420 e. The van der Waals surface area contributed by atoms with Gasteiger partial charge >= 0.3 is 6.18 Å². The summed E-state index contributed by atoms with van der Waals surface area (Å²) >= 11 is 0. The second-order valence-electron chi connectivity index (χ2n) is 5.20. The Labute approximate surface area is 132 Å². The molecule has 0 saturated heterocycles. The predicted molar refractivity (Wildman–Crippen MR) is 79.4 cm³/mol. The van der Waals surface area contributed by atoms with Crippen LogP contribution >= 0.6 is 0 Å². The summed E-state index contributed by atoms with van der Waals surface area (Å²) in [6, 6.07) is 10.8. The number of benzene rings is 2. The molecule has 7 heteroatoms. The molecule has 1 atom stereocenters. The minimum Gasteiger partial charge on any atom is -0.248 e. The van der Waals surface area contributed by atoms with Gasteiger partial charge in [-0.15, -0.1) is 0 Å². The van der Waals surface area contributed by atoms with Crippen LogP contribution in [0.1, 0.15) is 22.8 Å². The van der Waals surface area contributed by atoms with Crippen molar-refractivity contribution in [1.29, 1.82) is 0 Å². The highest BCUT2D eigenvalue weighted by Crippen LogP contribution is 2.38. The van der Waals surface area contributed by atoms with Crippen LogP contribution in [0.15, 0.2) is 53.4 Å². The van der Waals surface area contributed by atoms with Gasteiger partial charge in [-0.1, -0.05) is 47.5 Å². The average Bonchev–Trinajstić information content (AvgIpc) is 2.45. The van der Waals surface area contributed by atoms with Gasteiger partial charge in [-0.3, -0.25) is 0 Å². The molecule has 0 N–H and O–H groups in total. The van der Waals surface area contributed by atoms with Gasteiger partial charge in [0.25, 0.3) is 10.1 Å². The Hall–Kier alpha value is -1.86. The molecule has 0 unspecified atom stereocenters. The summed E-state index contributed by atoms with van der Waals surface area (Å²) < 4.78 is 68.4. The van der Waals surface area contributed by atoms with Gasteiger partial charge in [0.1, 0.15) is 0 Å². The number of aryl methyl sites for hydroxylation is 2. The molecule has 2 aromatic rings. The first-order valence-electron chi connectivity index (χ1n) is 6.73. The Kier molecular flexibility index (Phi) is 4.81. The van der Waals surface area contributed by atoms with E-state index in [0.29, 0.717) is 0 Å². The average molecular weight is 344 g/mol. The molecule has 0 spiro atoms. The molecule has 2 aromatic carbocycles. The van der Waals surface area contributed by atoms with Crippen molar-refractivity contribution in [2.75, 3.05) is 0 Å². The van der Waals surface area contributed by atoms with Crippen molar-refractivity contribution in [2.45, 2.75) is 31.0 Å². The van der Waals surface area contributed by atoms with Crippen molar-refractivity contribution >= 4 is 10.1 Å². The SMILES string of the molecule is Cc1ccc([C@@H](OS(=O)(=O)c2ccc(C)cc2)C(F)(F)F)cc1. The summed E-state index contributed by atoms with van der Waals surface area (Å²) in [6.07, 6.45) is -7.40. The van der Waals surface area contributed by atoms with Gasteiger partial charge in [0.05, 0.1) is 4.90 Å². The minimum atomic E-state index is -4.85. The fraction of sp³-hybridized carbons (Fsp3) is 0.250. The first-order chi connectivity index (χ1) is 10.6. The van der Waals surface area contributed by atoms with Crippen LogP contribution < -0.4 is 0 Å². The predicted octanol–water partition coefficient (Wildman–Crippen LogP) is 4.31. The lowest BCUT2D eigenvalue weighted by Crippen LogP contribution is -2.26. The van der Waals surface area contributed by atoms with Crippen LogP contribution in [0.3, 0.4) is 0 Å². The number of halogens is 3. The third-order valence-corrected chi connectivity index (χ3v) is 4.51. The second-order valence-corrected chi connectivity index (χ2v) is 6.77. The summed E-state index contributed by atoms with van der Waals surface area (Å²) in [4.78, 5) is -0.315. The van der Waals surface area contributed by atoms with Crippen LogP contribution in [0, 0.1) is 13.8 Å². The van der Waals surface area contributed by atoms with Crippen molar-refractivity contribution in [1.82, 2.24) is 0 Å². The maximum absolute atomic E-state index is 13.2. The topological polar surface area (TPSA) is 43.4 Å². The van der Waals surface area contributed by atoms with Gasteiger partial charge in [0.15, 0.2) is 6.10 Å². The molecule has 0 fully saturated rings. The Bertz CT molecular complexity index is 764. The monoisotopic (exact) mass is 344 g/mol. The van der Waals surface area contributed by atoms with Gasteiger partial charge in [-0.2, -0.15) is 21.6 Å². The molecule has 124 valence electrons. The Balaban J connectivity index is 2.38. The fourth-order valence-corrected chi connectivity index (χ4v) is 2.98. The first kappa shape index (κ1) is 17.5. The number of alkyl halides is 3. The maximum Gasteiger partial charge on any atom is 0.420 e. The van der Waals surface area contributed by atoms with Gasteiger partial charge in [0, 0.05) is 0 Å². The quantitative estimate of drug-likeness (QED) is 0.776. The number of hydrogen-bond acceptors (Lipinski definition) is 3. The molecule has 0 amide bonds. The van der Waals surface area contributed by atoms with E-state index >= 15 is 0 Å². The zero-order chi connectivity index (χ0) is 17.3. The third-order valence-electron chi connectivity index (χ3n) is 3.21. The van der Waals surface area contributed by atoms with Gasteiger partial charge in [0.2, 0.25) is 0 Å². The highest BCUT2D eigenvalue weighted by atomic mass is 32.2. The normalized spacial score (nSPS) is 13.8. The van der Waals surface area contributed by atoms with E-state index in [1.54, 1.807) is 13.8 Å². The summed E-state index contributed by atoms with van der Waals surface area (Å²) in [5.41, 5.74) is 1.28. The number of hydrogen-bond donors (Lipinski definition) is 0. The van der Waals surface area contributed by atoms with Crippen molar-refractivity contribution in [3.63, 3.8) is 0 Å². The van der Waals surface area contributed by atoms with E-state index < -0.39 is 22.4 Å². The lowest BCUT2D eigenvalue weighted by atomic mass is 10.1. The van der Waals surface area contributed by atoms with Crippen LogP contribution in [-0.2, 0) is 14.3 Å². The molecule has 0 heterocycles. The minimum absolute atomic E-state index is 0.265. The van der Waals surface area contributed by atoms with E-state index in [1.165, 1.54) is 48.5 Å². The molecular formula is C16H15F3O3S. The van der Waals surface area contributed by atoms with Crippen molar-refractivity contribution in [2.24, 2.45) is 0 Å². The maximum atomic E-state index is 13.2. The summed E-state index contributed by atoms with van der Waals surface area (Å²) in [5.74, 6) is 0. The van der Waals surface area contributed by atoms with Gasteiger partial charge in [-0.25, -0.2) is 4.18 Å². The Morgan fingerprint density at radius 1 is 0.870 bits per heavy atom. The van der Waals surface area contributed by atoms with E-state index in [-0.39, 0.29) is 10.5 Å². The molecule has 0 aromatic heterocycles. The van der Waals surface area contributed by atoms with Crippen LogP contribution in [0.4, 0.5) is 13.2 Å². The highest BCUT2D eigenvalue weighted by Gasteiger charge is 2.45. The molecule has 0 aliphatic rings. The summed E-state index contributed by atoms with van der Waals surface area (Å²) in [6.45, 7) is 3.46. The third kappa shape index (κ3) is 4.33. The Morgan fingerprint density at radius 2 is 1.30 bits per heavy atom. The highest BCUT2D eigenvalue weighted by molar-refractivity contribution is 7.86. The van der Waals surface area contributed by atoms with E-state index in [2.05, 4.69) is 4.18 Å². The lowest BCUT2D eigenvalue weighted by molar-refractivity contribution is -0.196. The van der Waals surface area contributed by atoms with E-state index in [0.717, 1.165) is 11.1 Å². The zero-order valence-electron chi connectivity index (χ0n) is 12.5. The van der Waals surface area contributed by atoms with Crippen molar-refractivity contribution in [3.8, 4) is 0 Å². The molecule has 0 radical (unpaired) electrons.